The van der Waals surface area contributed by atoms with Crippen LogP contribution >= 0.6 is 27.7 Å². The number of rotatable bonds is 7. The van der Waals surface area contributed by atoms with Gasteiger partial charge in [0.1, 0.15) is 11.8 Å². The van der Waals surface area contributed by atoms with Gasteiger partial charge in [0.25, 0.3) is 5.91 Å². The number of amides is 2. The molecule has 1 aliphatic rings. The van der Waals surface area contributed by atoms with Crippen molar-refractivity contribution >= 4 is 39.5 Å². The van der Waals surface area contributed by atoms with Crippen LogP contribution in [0.25, 0.3) is 0 Å². The summed E-state index contributed by atoms with van der Waals surface area (Å²) in [5, 5.41) is 6.03. The number of hydrogen-bond donors (Lipinski definition) is 2. The van der Waals surface area contributed by atoms with Crippen LogP contribution in [0.5, 0.6) is 5.75 Å². The molecule has 2 unspecified atom stereocenters. The lowest BCUT2D eigenvalue weighted by Crippen LogP contribution is -2.48. The van der Waals surface area contributed by atoms with E-state index in [1.165, 1.54) is 0 Å². The van der Waals surface area contributed by atoms with Gasteiger partial charge >= 0.3 is 0 Å². The molecule has 0 saturated carbocycles. The van der Waals surface area contributed by atoms with E-state index in [9.17, 15) is 9.59 Å². The lowest BCUT2D eigenvalue weighted by atomic mass is 10.00. The summed E-state index contributed by atoms with van der Waals surface area (Å²) in [6.07, 6.45) is 3.25. The SMILES string of the molecule is CSCCC(NC(=O)c1cccc(C)c1)C(=O)NC1CCOc2ccc(Br)cc21. The first-order chi connectivity index (χ1) is 14.0. The highest BCUT2D eigenvalue weighted by molar-refractivity contribution is 9.10. The number of nitrogens with one attached hydrogen (secondary N) is 2. The first kappa shape index (κ1) is 21.7. The summed E-state index contributed by atoms with van der Waals surface area (Å²) in [6.45, 7) is 2.49. The number of halogens is 1. The maximum atomic E-state index is 13.1. The highest BCUT2D eigenvalue weighted by Crippen LogP contribution is 2.34. The smallest absolute Gasteiger partial charge is 0.251 e. The average molecular weight is 477 g/mol. The van der Waals surface area contributed by atoms with E-state index in [1.54, 1.807) is 17.8 Å². The zero-order valence-electron chi connectivity index (χ0n) is 16.5. The van der Waals surface area contributed by atoms with Crippen LogP contribution in [-0.4, -0.2) is 36.5 Å². The fourth-order valence-corrected chi connectivity index (χ4v) is 4.17. The third kappa shape index (κ3) is 5.76. The van der Waals surface area contributed by atoms with Crippen LogP contribution < -0.4 is 15.4 Å². The Morgan fingerprint density at radius 2 is 2.10 bits per heavy atom. The van der Waals surface area contributed by atoms with Crippen LogP contribution in [0, 0.1) is 6.92 Å². The molecule has 5 nitrogen and oxygen atoms in total. The molecule has 154 valence electrons. The average Bonchev–Trinajstić information content (AvgIpc) is 2.71. The molecule has 1 heterocycles. The van der Waals surface area contributed by atoms with E-state index in [1.807, 2.05) is 49.6 Å². The molecule has 0 bridgehead atoms. The molecule has 2 aromatic carbocycles. The summed E-state index contributed by atoms with van der Waals surface area (Å²) in [4.78, 5) is 25.7. The van der Waals surface area contributed by atoms with E-state index < -0.39 is 6.04 Å². The molecular weight excluding hydrogens is 452 g/mol. The number of benzene rings is 2. The minimum Gasteiger partial charge on any atom is -0.493 e. The maximum absolute atomic E-state index is 13.1. The van der Waals surface area contributed by atoms with Gasteiger partial charge in [-0.3, -0.25) is 9.59 Å². The van der Waals surface area contributed by atoms with Gasteiger partial charge in [-0.05, 0) is 55.7 Å². The second-order valence-electron chi connectivity index (χ2n) is 7.06. The van der Waals surface area contributed by atoms with Crippen molar-refractivity contribution in [1.29, 1.82) is 0 Å². The summed E-state index contributed by atoms with van der Waals surface area (Å²) in [7, 11) is 0. The quantitative estimate of drug-likeness (QED) is 0.626. The molecule has 0 saturated heterocycles. The second kappa shape index (κ2) is 10.2. The molecule has 0 fully saturated rings. The van der Waals surface area contributed by atoms with Gasteiger partial charge in [0, 0.05) is 22.0 Å². The summed E-state index contributed by atoms with van der Waals surface area (Å²) in [5.74, 6) is 1.17. The normalized spacial score (nSPS) is 16.3. The summed E-state index contributed by atoms with van der Waals surface area (Å²) >= 11 is 5.14. The number of carbonyl (C=O) groups is 2. The lowest BCUT2D eigenvalue weighted by Gasteiger charge is -2.28. The number of fused-ring (bicyclic) bond motifs is 1. The largest absolute Gasteiger partial charge is 0.493 e. The Hall–Kier alpha value is -1.99. The van der Waals surface area contributed by atoms with Crippen LogP contribution in [0.15, 0.2) is 46.9 Å². The van der Waals surface area contributed by atoms with E-state index in [0.29, 0.717) is 25.0 Å². The van der Waals surface area contributed by atoms with Gasteiger partial charge in [0.05, 0.1) is 12.6 Å². The minimum atomic E-state index is -0.589. The molecular formula is C22H25BrN2O3S. The monoisotopic (exact) mass is 476 g/mol. The van der Waals surface area contributed by atoms with Crippen LogP contribution in [0.2, 0.25) is 0 Å². The molecule has 0 radical (unpaired) electrons. The van der Waals surface area contributed by atoms with Gasteiger partial charge in [-0.15, -0.1) is 0 Å². The minimum absolute atomic E-state index is 0.142. The van der Waals surface area contributed by atoms with Crippen LogP contribution in [0.3, 0.4) is 0 Å². The first-order valence-electron chi connectivity index (χ1n) is 9.57. The van der Waals surface area contributed by atoms with Crippen molar-refractivity contribution in [3.63, 3.8) is 0 Å². The molecule has 0 aliphatic carbocycles. The highest BCUT2D eigenvalue weighted by Gasteiger charge is 2.27. The van der Waals surface area contributed by atoms with E-state index >= 15 is 0 Å². The molecule has 7 heteroatoms. The maximum Gasteiger partial charge on any atom is 0.251 e. The van der Waals surface area contributed by atoms with Gasteiger partial charge in [0.15, 0.2) is 0 Å². The van der Waals surface area contributed by atoms with E-state index in [4.69, 9.17) is 4.74 Å². The Balaban J connectivity index is 1.73. The predicted molar refractivity (Wildman–Crippen MR) is 121 cm³/mol. The zero-order valence-corrected chi connectivity index (χ0v) is 18.9. The van der Waals surface area contributed by atoms with Crippen molar-refractivity contribution in [2.75, 3.05) is 18.6 Å². The third-order valence-electron chi connectivity index (χ3n) is 4.84. The molecule has 2 atom stereocenters. The fraction of sp³-hybridized carbons (Fsp3) is 0.364. The number of carbonyl (C=O) groups excluding carboxylic acids is 2. The number of ether oxygens (including phenoxy) is 1. The Kier molecular flexibility index (Phi) is 7.61. The van der Waals surface area contributed by atoms with E-state index in [2.05, 4.69) is 26.6 Å². The Morgan fingerprint density at radius 3 is 2.86 bits per heavy atom. The number of aryl methyl sites for hydroxylation is 1. The predicted octanol–water partition coefficient (Wildman–Crippen LogP) is 4.25. The van der Waals surface area contributed by atoms with E-state index in [-0.39, 0.29) is 17.9 Å². The molecule has 2 amide bonds. The summed E-state index contributed by atoms with van der Waals surface area (Å²) in [5.41, 5.74) is 2.52. The van der Waals surface area contributed by atoms with Crippen LogP contribution in [0.1, 0.15) is 40.4 Å². The van der Waals surface area contributed by atoms with E-state index in [0.717, 1.165) is 27.1 Å². The van der Waals surface area contributed by atoms with Gasteiger partial charge < -0.3 is 15.4 Å². The third-order valence-corrected chi connectivity index (χ3v) is 5.98. The van der Waals surface area contributed by atoms with Crippen molar-refractivity contribution in [2.24, 2.45) is 0 Å². The molecule has 3 rings (SSSR count). The van der Waals surface area contributed by atoms with Crippen molar-refractivity contribution in [2.45, 2.75) is 31.8 Å². The van der Waals surface area contributed by atoms with Crippen LogP contribution in [0.4, 0.5) is 0 Å². The van der Waals surface area contributed by atoms with Gasteiger partial charge in [-0.1, -0.05) is 33.6 Å². The molecule has 2 N–H and O–H groups in total. The van der Waals surface area contributed by atoms with Crippen molar-refractivity contribution < 1.29 is 14.3 Å². The second-order valence-corrected chi connectivity index (χ2v) is 8.96. The van der Waals surface area contributed by atoms with Crippen molar-refractivity contribution in [3.8, 4) is 5.75 Å². The van der Waals surface area contributed by atoms with Gasteiger partial charge in [-0.25, -0.2) is 0 Å². The number of hydrogen-bond acceptors (Lipinski definition) is 4. The molecule has 0 aromatic heterocycles. The van der Waals surface area contributed by atoms with Crippen molar-refractivity contribution in [3.05, 3.63) is 63.6 Å². The lowest BCUT2D eigenvalue weighted by molar-refractivity contribution is -0.124. The van der Waals surface area contributed by atoms with Gasteiger partial charge in [0.2, 0.25) is 5.91 Å². The zero-order chi connectivity index (χ0) is 20.8. The molecule has 29 heavy (non-hydrogen) atoms. The highest BCUT2D eigenvalue weighted by atomic mass is 79.9. The van der Waals surface area contributed by atoms with Gasteiger partial charge in [-0.2, -0.15) is 11.8 Å². The first-order valence-corrected chi connectivity index (χ1v) is 11.8. The Morgan fingerprint density at radius 1 is 1.28 bits per heavy atom. The topological polar surface area (TPSA) is 67.4 Å². The number of thioether (sulfide) groups is 1. The molecule has 0 spiro atoms. The van der Waals surface area contributed by atoms with Crippen molar-refractivity contribution in [1.82, 2.24) is 10.6 Å². The molecule has 2 aromatic rings. The van der Waals surface area contributed by atoms with Crippen LogP contribution in [-0.2, 0) is 4.79 Å². The fourth-order valence-electron chi connectivity index (χ4n) is 3.32. The molecule has 1 aliphatic heterocycles. The Bertz CT molecular complexity index is 890. The summed E-state index contributed by atoms with van der Waals surface area (Å²) in [6, 6.07) is 12.4. The Labute approximate surface area is 184 Å². The summed E-state index contributed by atoms with van der Waals surface area (Å²) < 4.78 is 6.64. The standard InChI is InChI=1S/C22H25BrN2O3S/c1-14-4-3-5-15(12-14)21(26)25-19(9-11-29-2)22(27)24-18-8-10-28-20-7-6-16(23)13-17(18)20/h3-7,12-13,18-19H,8-11H2,1-2H3,(H,24,27)(H,25,26).